The molecule has 3 heteroatoms. The molecule has 0 saturated heterocycles. The van der Waals surface area contributed by atoms with E-state index in [1.54, 1.807) is 0 Å². The maximum absolute atomic E-state index is 5.76. The van der Waals surface area contributed by atoms with Gasteiger partial charge in [-0.05, 0) is 24.8 Å². The van der Waals surface area contributed by atoms with E-state index in [9.17, 15) is 0 Å². The molecule has 0 amide bonds. The summed E-state index contributed by atoms with van der Waals surface area (Å²) in [5.74, 6) is 0. The third-order valence-corrected chi connectivity index (χ3v) is 3.29. The first-order valence-corrected chi connectivity index (χ1v) is 6.24. The Morgan fingerprint density at radius 1 is 1.13 bits per heavy atom. The Morgan fingerprint density at radius 2 is 1.93 bits per heavy atom. The van der Waals surface area contributed by atoms with Gasteiger partial charge in [-0.1, -0.05) is 41.9 Å². The normalized spacial score (nSPS) is 10.5. The second kappa shape index (κ2) is 5.29. The summed E-state index contributed by atoms with van der Waals surface area (Å²) in [5, 5.41) is 2.04. The van der Waals surface area contributed by atoms with Gasteiger partial charge in [-0.3, -0.25) is 0 Å². The lowest BCUT2D eigenvalue weighted by molar-refractivity contribution is 0.804. The van der Waals surface area contributed by atoms with E-state index in [1.807, 2.05) is 11.4 Å². The number of halogens is 1. The van der Waals surface area contributed by atoms with Gasteiger partial charge in [0.1, 0.15) is 0 Å². The molecule has 78 valence electrons. The van der Waals surface area contributed by atoms with Crippen molar-refractivity contribution in [3.05, 3.63) is 51.4 Å². The van der Waals surface area contributed by atoms with Gasteiger partial charge in [0.15, 0.2) is 4.47 Å². The molecule has 1 heterocycles. The van der Waals surface area contributed by atoms with E-state index in [2.05, 4.69) is 29.2 Å². The first-order chi connectivity index (χ1) is 7.34. The highest BCUT2D eigenvalue weighted by molar-refractivity contribution is 7.13. The third kappa shape index (κ3) is 3.33. The number of nitrogens with zero attached hydrogens (tertiary/aromatic N) is 1. The fourth-order valence-corrected chi connectivity index (χ4v) is 2.33. The highest BCUT2D eigenvalue weighted by atomic mass is 35.5. The largest absolute Gasteiger partial charge is 0.230 e. The molecule has 2 aromatic rings. The van der Waals surface area contributed by atoms with Crippen LogP contribution in [0.4, 0.5) is 0 Å². The van der Waals surface area contributed by atoms with E-state index in [0.717, 1.165) is 25.0 Å². The van der Waals surface area contributed by atoms with Crippen LogP contribution in [0.3, 0.4) is 0 Å². The summed E-state index contributed by atoms with van der Waals surface area (Å²) < 4.78 is 0.643. The fraction of sp³-hybridized carbons (Fsp3) is 0.250. The van der Waals surface area contributed by atoms with Crippen LogP contribution in [-0.2, 0) is 12.8 Å². The molecule has 0 spiro atoms. The van der Waals surface area contributed by atoms with Crippen LogP contribution >= 0.6 is 22.9 Å². The first kappa shape index (κ1) is 10.7. The van der Waals surface area contributed by atoms with E-state index in [0.29, 0.717) is 4.47 Å². The van der Waals surface area contributed by atoms with Crippen molar-refractivity contribution in [1.82, 2.24) is 4.98 Å². The van der Waals surface area contributed by atoms with Crippen molar-refractivity contribution in [3.8, 4) is 0 Å². The summed E-state index contributed by atoms with van der Waals surface area (Å²) >= 11 is 7.27. The molecular weight excluding hydrogens is 226 g/mol. The molecule has 0 bridgehead atoms. The molecule has 1 aromatic heterocycles. The molecular formula is C12H12ClNS. The Balaban J connectivity index is 1.80. The van der Waals surface area contributed by atoms with Crippen LogP contribution in [0, 0.1) is 0 Å². The van der Waals surface area contributed by atoms with E-state index in [1.165, 1.54) is 16.9 Å². The number of aromatic nitrogens is 1. The van der Waals surface area contributed by atoms with Crippen LogP contribution in [0.2, 0.25) is 4.47 Å². The van der Waals surface area contributed by atoms with Crippen molar-refractivity contribution < 1.29 is 0 Å². The second-order valence-corrected chi connectivity index (χ2v) is 4.87. The van der Waals surface area contributed by atoms with Crippen LogP contribution in [0.25, 0.3) is 0 Å². The highest BCUT2D eigenvalue weighted by Crippen LogP contribution is 2.16. The molecule has 15 heavy (non-hydrogen) atoms. The third-order valence-electron chi connectivity index (χ3n) is 2.26. The first-order valence-electron chi connectivity index (χ1n) is 4.98. The summed E-state index contributed by atoms with van der Waals surface area (Å²) in [4.78, 5) is 4.23. The van der Waals surface area contributed by atoms with Crippen LogP contribution in [0.15, 0.2) is 35.7 Å². The predicted octanol–water partition coefficient (Wildman–Crippen LogP) is 3.97. The number of thiazole rings is 1. The summed E-state index contributed by atoms with van der Waals surface area (Å²) in [6.45, 7) is 0. The molecule has 0 radical (unpaired) electrons. The van der Waals surface area contributed by atoms with E-state index < -0.39 is 0 Å². The predicted molar refractivity (Wildman–Crippen MR) is 65.6 cm³/mol. The fourth-order valence-electron chi connectivity index (χ4n) is 1.52. The molecule has 2 rings (SSSR count). The quantitative estimate of drug-likeness (QED) is 0.784. The van der Waals surface area contributed by atoms with Gasteiger partial charge in [0.25, 0.3) is 0 Å². The monoisotopic (exact) mass is 237 g/mol. The standard InChI is InChI=1S/C12H12ClNS/c13-12-14-11(9-15-12)8-4-7-10-5-2-1-3-6-10/h1-3,5-6,9H,4,7-8H2. The van der Waals surface area contributed by atoms with Crippen molar-refractivity contribution >= 4 is 22.9 Å². The van der Waals surface area contributed by atoms with E-state index in [4.69, 9.17) is 11.6 Å². The summed E-state index contributed by atoms with van der Waals surface area (Å²) in [6, 6.07) is 10.5. The summed E-state index contributed by atoms with van der Waals surface area (Å²) in [7, 11) is 0. The lowest BCUT2D eigenvalue weighted by Gasteiger charge is -1.98. The average Bonchev–Trinajstić information content (AvgIpc) is 2.66. The Morgan fingerprint density at radius 3 is 2.60 bits per heavy atom. The van der Waals surface area contributed by atoms with Crippen LogP contribution in [0.5, 0.6) is 0 Å². The number of aryl methyl sites for hydroxylation is 2. The van der Waals surface area contributed by atoms with Gasteiger partial charge in [0, 0.05) is 5.38 Å². The Labute approximate surface area is 98.7 Å². The van der Waals surface area contributed by atoms with Gasteiger partial charge in [-0.25, -0.2) is 4.98 Å². The molecule has 0 unspecified atom stereocenters. The van der Waals surface area contributed by atoms with Crippen molar-refractivity contribution in [3.63, 3.8) is 0 Å². The van der Waals surface area contributed by atoms with Crippen molar-refractivity contribution in [2.45, 2.75) is 19.3 Å². The molecule has 0 aliphatic heterocycles. The van der Waals surface area contributed by atoms with Crippen LogP contribution in [0.1, 0.15) is 17.7 Å². The second-order valence-electron chi connectivity index (χ2n) is 3.43. The summed E-state index contributed by atoms with van der Waals surface area (Å²) in [5.41, 5.74) is 2.50. The smallest absolute Gasteiger partial charge is 0.183 e. The number of benzene rings is 1. The van der Waals surface area contributed by atoms with Crippen molar-refractivity contribution in [2.24, 2.45) is 0 Å². The number of hydrogen-bond acceptors (Lipinski definition) is 2. The average molecular weight is 238 g/mol. The van der Waals surface area contributed by atoms with Gasteiger partial charge in [0.2, 0.25) is 0 Å². The molecule has 1 nitrogen and oxygen atoms in total. The Hall–Kier alpha value is -0.860. The molecule has 0 aliphatic rings. The highest BCUT2D eigenvalue weighted by Gasteiger charge is 1.99. The Kier molecular flexibility index (Phi) is 3.75. The molecule has 0 saturated carbocycles. The van der Waals surface area contributed by atoms with E-state index >= 15 is 0 Å². The molecule has 0 atom stereocenters. The number of rotatable bonds is 4. The lowest BCUT2D eigenvalue weighted by Crippen LogP contribution is -1.89. The minimum Gasteiger partial charge on any atom is -0.230 e. The maximum atomic E-state index is 5.76. The topological polar surface area (TPSA) is 12.9 Å². The number of hydrogen-bond donors (Lipinski definition) is 0. The zero-order valence-corrected chi connectivity index (χ0v) is 9.89. The van der Waals surface area contributed by atoms with E-state index in [-0.39, 0.29) is 0 Å². The van der Waals surface area contributed by atoms with Gasteiger partial charge in [-0.2, -0.15) is 0 Å². The zero-order chi connectivity index (χ0) is 10.5. The van der Waals surface area contributed by atoms with Gasteiger partial charge in [0.05, 0.1) is 5.69 Å². The minimum absolute atomic E-state index is 0.643. The van der Waals surface area contributed by atoms with Crippen molar-refractivity contribution in [2.75, 3.05) is 0 Å². The molecule has 0 fully saturated rings. The van der Waals surface area contributed by atoms with Crippen molar-refractivity contribution in [1.29, 1.82) is 0 Å². The molecule has 1 aromatic carbocycles. The van der Waals surface area contributed by atoms with Crippen LogP contribution < -0.4 is 0 Å². The molecule has 0 N–H and O–H groups in total. The van der Waals surface area contributed by atoms with Crippen LogP contribution in [-0.4, -0.2) is 4.98 Å². The van der Waals surface area contributed by atoms with Gasteiger partial charge >= 0.3 is 0 Å². The zero-order valence-electron chi connectivity index (χ0n) is 8.32. The Bertz CT molecular complexity index is 411. The summed E-state index contributed by atoms with van der Waals surface area (Å²) in [6.07, 6.45) is 3.25. The molecule has 0 aliphatic carbocycles. The SMILES string of the molecule is Clc1nc(CCCc2ccccc2)cs1. The van der Waals surface area contributed by atoms with Gasteiger partial charge < -0.3 is 0 Å². The maximum Gasteiger partial charge on any atom is 0.183 e. The minimum atomic E-state index is 0.643. The lowest BCUT2D eigenvalue weighted by atomic mass is 10.1. The van der Waals surface area contributed by atoms with Gasteiger partial charge in [-0.15, -0.1) is 11.3 Å².